The van der Waals surface area contributed by atoms with Crippen LogP contribution >= 0.6 is 0 Å². The van der Waals surface area contributed by atoms with Crippen molar-refractivity contribution < 1.29 is 4.74 Å². The number of ether oxygens (including phenoxy) is 1. The fourth-order valence-corrected chi connectivity index (χ4v) is 3.79. The highest BCUT2D eigenvalue weighted by molar-refractivity contribution is 4.96. The lowest BCUT2D eigenvalue weighted by Gasteiger charge is -2.49. The summed E-state index contributed by atoms with van der Waals surface area (Å²) < 4.78 is 5.25. The fourth-order valence-electron chi connectivity index (χ4n) is 3.79. The van der Waals surface area contributed by atoms with Gasteiger partial charge in [-0.3, -0.25) is 0 Å². The van der Waals surface area contributed by atoms with Gasteiger partial charge < -0.3 is 15.0 Å². The number of rotatable bonds is 5. The van der Waals surface area contributed by atoms with Gasteiger partial charge in [-0.25, -0.2) is 0 Å². The Hall–Kier alpha value is -0.120. The lowest BCUT2D eigenvalue weighted by molar-refractivity contribution is 0.0208. The Bertz CT molecular complexity index is 243. The molecule has 0 aromatic rings. The maximum absolute atomic E-state index is 5.25. The van der Waals surface area contributed by atoms with Crippen LogP contribution in [-0.4, -0.2) is 49.8 Å². The van der Waals surface area contributed by atoms with Crippen molar-refractivity contribution in [2.75, 3.05) is 26.8 Å². The molecule has 1 aliphatic carbocycles. The highest BCUT2D eigenvalue weighted by Gasteiger charge is 2.40. The van der Waals surface area contributed by atoms with E-state index in [0.717, 1.165) is 24.5 Å². The zero-order valence-electron chi connectivity index (χ0n) is 12.5. The summed E-state index contributed by atoms with van der Waals surface area (Å²) in [5.41, 5.74) is 0. The molecular weight excluding hydrogens is 224 g/mol. The molecule has 106 valence electrons. The zero-order chi connectivity index (χ0) is 13.1. The molecular formula is C15H30N2O. The average molecular weight is 254 g/mol. The normalized spacial score (nSPS) is 34.8. The second-order valence-corrected chi connectivity index (χ2v) is 6.55. The summed E-state index contributed by atoms with van der Waals surface area (Å²) in [4.78, 5) is 2.67. The summed E-state index contributed by atoms with van der Waals surface area (Å²) in [6.45, 7) is 10.3. The van der Waals surface area contributed by atoms with E-state index in [-0.39, 0.29) is 0 Å². The molecule has 0 spiro atoms. The van der Waals surface area contributed by atoms with Crippen LogP contribution in [0.3, 0.4) is 0 Å². The number of fused-ring (bicyclic) bond motifs is 2. The molecule has 1 saturated carbocycles. The number of nitrogens with one attached hydrogen (secondary N) is 1. The minimum absolute atomic E-state index is 0.480. The summed E-state index contributed by atoms with van der Waals surface area (Å²) >= 11 is 0. The van der Waals surface area contributed by atoms with Crippen LogP contribution in [0.2, 0.25) is 0 Å². The molecule has 2 fully saturated rings. The van der Waals surface area contributed by atoms with Crippen LogP contribution in [0.25, 0.3) is 0 Å². The van der Waals surface area contributed by atoms with E-state index in [2.05, 4.69) is 31.0 Å². The minimum Gasteiger partial charge on any atom is -0.383 e. The van der Waals surface area contributed by atoms with Gasteiger partial charge in [-0.15, -0.1) is 0 Å². The monoisotopic (exact) mass is 254 g/mol. The summed E-state index contributed by atoms with van der Waals surface area (Å²) in [5, 5.41) is 3.83. The molecule has 0 amide bonds. The Morgan fingerprint density at radius 2 is 1.78 bits per heavy atom. The first-order chi connectivity index (χ1) is 8.61. The Kier molecular flexibility index (Phi) is 5.05. The molecule has 1 heterocycles. The number of piperidine rings is 1. The van der Waals surface area contributed by atoms with Crippen LogP contribution in [0.15, 0.2) is 0 Å². The smallest absolute Gasteiger partial charge is 0.0613 e. The molecule has 0 aromatic heterocycles. The Labute approximate surface area is 112 Å². The van der Waals surface area contributed by atoms with Gasteiger partial charge in [0.05, 0.1) is 6.61 Å². The molecule has 2 rings (SSSR count). The van der Waals surface area contributed by atoms with Crippen molar-refractivity contribution in [2.45, 2.75) is 58.2 Å². The van der Waals surface area contributed by atoms with Gasteiger partial charge in [0.25, 0.3) is 0 Å². The third-order valence-electron chi connectivity index (χ3n) is 4.73. The van der Waals surface area contributed by atoms with Crippen molar-refractivity contribution in [1.82, 2.24) is 10.2 Å². The van der Waals surface area contributed by atoms with E-state index in [1.165, 1.54) is 32.4 Å². The minimum atomic E-state index is 0.480. The summed E-state index contributed by atoms with van der Waals surface area (Å²) in [6, 6.07) is 1.90. The molecule has 2 aliphatic rings. The van der Waals surface area contributed by atoms with Crippen molar-refractivity contribution in [2.24, 2.45) is 11.8 Å². The fraction of sp³-hybridized carbons (Fsp3) is 1.00. The number of hydrogen-bond acceptors (Lipinski definition) is 3. The van der Waals surface area contributed by atoms with Gasteiger partial charge in [-0.1, -0.05) is 6.42 Å². The van der Waals surface area contributed by atoms with Crippen LogP contribution in [0.4, 0.5) is 0 Å². The third-order valence-corrected chi connectivity index (χ3v) is 4.73. The van der Waals surface area contributed by atoms with E-state index in [9.17, 15) is 0 Å². The van der Waals surface area contributed by atoms with E-state index in [4.69, 9.17) is 4.74 Å². The van der Waals surface area contributed by atoms with E-state index in [0.29, 0.717) is 12.1 Å². The second kappa shape index (κ2) is 6.36. The van der Waals surface area contributed by atoms with E-state index in [1.807, 2.05) is 0 Å². The van der Waals surface area contributed by atoms with Gasteiger partial charge in [0.1, 0.15) is 0 Å². The zero-order valence-corrected chi connectivity index (χ0v) is 12.5. The second-order valence-electron chi connectivity index (χ2n) is 6.55. The first-order valence-electron chi connectivity index (χ1n) is 7.60. The van der Waals surface area contributed by atoms with Crippen molar-refractivity contribution >= 4 is 0 Å². The quantitative estimate of drug-likeness (QED) is 0.813. The predicted molar refractivity (Wildman–Crippen MR) is 75.8 cm³/mol. The molecule has 3 heteroatoms. The van der Waals surface area contributed by atoms with Crippen LogP contribution in [-0.2, 0) is 4.74 Å². The maximum atomic E-state index is 5.25. The van der Waals surface area contributed by atoms with E-state index >= 15 is 0 Å². The molecule has 1 N–H and O–H groups in total. The van der Waals surface area contributed by atoms with Gasteiger partial charge in [0.15, 0.2) is 0 Å². The highest BCUT2D eigenvalue weighted by Crippen LogP contribution is 2.35. The van der Waals surface area contributed by atoms with Crippen LogP contribution < -0.4 is 5.32 Å². The van der Waals surface area contributed by atoms with Gasteiger partial charge in [0, 0.05) is 38.3 Å². The van der Waals surface area contributed by atoms with Crippen LogP contribution in [0, 0.1) is 11.8 Å². The van der Waals surface area contributed by atoms with Crippen molar-refractivity contribution in [3.05, 3.63) is 0 Å². The number of nitrogens with zero attached hydrogens (tertiary/aromatic N) is 1. The first kappa shape index (κ1) is 14.3. The molecule has 18 heavy (non-hydrogen) atoms. The standard InChI is InChI=1S/C15H30N2O/c1-11(2)17-8-13-6-5-7-14(9-17)15(13)16-12(3)10-18-4/h11-16H,5-10H2,1-4H3. The molecule has 3 atom stereocenters. The van der Waals surface area contributed by atoms with Crippen LogP contribution in [0.5, 0.6) is 0 Å². The lowest BCUT2D eigenvalue weighted by Crippen LogP contribution is -2.60. The van der Waals surface area contributed by atoms with Gasteiger partial charge in [-0.05, 0) is 45.4 Å². The average Bonchev–Trinajstić information content (AvgIpc) is 2.28. The molecule has 2 bridgehead atoms. The summed E-state index contributed by atoms with van der Waals surface area (Å²) in [5.74, 6) is 1.69. The van der Waals surface area contributed by atoms with E-state index < -0.39 is 0 Å². The molecule has 3 nitrogen and oxygen atoms in total. The number of methoxy groups -OCH3 is 1. The van der Waals surface area contributed by atoms with Gasteiger partial charge in [0.2, 0.25) is 0 Å². The lowest BCUT2D eigenvalue weighted by atomic mass is 9.73. The largest absolute Gasteiger partial charge is 0.383 e. The molecule has 3 unspecified atom stereocenters. The number of hydrogen-bond donors (Lipinski definition) is 1. The Morgan fingerprint density at radius 1 is 1.17 bits per heavy atom. The maximum Gasteiger partial charge on any atom is 0.0613 e. The topological polar surface area (TPSA) is 24.5 Å². The van der Waals surface area contributed by atoms with Crippen LogP contribution in [0.1, 0.15) is 40.0 Å². The van der Waals surface area contributed by atoms with E-state index in [1.54, 1.807) is 7.11 Å². The third kappa shape index (κ3) is 3.25. The summed E-state index contributed by atoms with van der Waals surface area (Å²) in [7, 11) is 1.79. The highest BCUT2D eigenvalue weighted by atomic mass is 16.5. The van der Waals surface area contributed by atoms with Gasteiger partial charge in [-0.2, -0.15) is 0 Å². The molecule has 0 radical (unpaired) electrons. The predicted octanol–water partition coefficient (Wildman–Crippen LogP) is 2.12. The van der Waals surface area contributed by atoms with Crippen molar-refractivity contribution in [1.29, 1.82) is 0 Å². The SMILES string of the molecule is COCC(C)NC1C2CCCC1CN(C(C)C)C2. The summed E-state index contributed by atoms with van der Waals surface area (Å²) in [6.07, 6.45) is 4.23. The molecule has 1 aliphatic heterocycles. The first-order valence-corrected chi connectivity index (χ1v) is 7.60. The number of likely N-dealkylation sites (tertiary alicyclic amines) is 1. The molecule has 1 saturated heterocycles. The Morgan fingerprint density at radius 3 is 2.28 bits per heavy atom. The van der Waals surface area contributed by atoms with Crippen molar-refractivity contribution in [3.8, 4) is 0 Å². The van der Waals surface area contributed by atoms with Crippen molar-refractivity contribution in [3.63, 3.8) is 0 Å². The molecule has 0 aromatic carbocycles. The van der Waals surface area contributed by atoms with Gasteiger partial charge >= 0.3 is 0 Å². The Balaban J connectivity index is 1.95.